The molecule has 0 aromatic carbocycles. The molecular weight excluding hydrogens is 248 g/mol. The highest BCUT2D eigenvalue weighted by Gasteiger charge is 2.18. The molecule has 0 radical (unpaired) electrons. The number of aryl methyl sites for hydroxylation is 1. The van der Waals surface area contributed by atoms with E-state index in [0.29, 0.717) is 18.7 Å². The Morgan fingerprint density at radius 1 is 1.47 bits per heavy atom. The quantitative estimate of drug-likeness (QED) is 0.550. The number of rotatable bonds is 6. The van der Waals surface area contributed by atoms with Crippen LogP contribution in [0.15, 0.2) is 12.7 Å². The number of amides is 1. The number of carbonyl (C=O) groups is 2. The van der Waals surface area contributed by atoms with Crippen LogP contribution in [0.25, 0.3) is 0 Å². The first-order chi connectivity index (χ1) is 8.97. The van der Waals surface area contributed by atoms with Crippen molar-refractivity contribution in [2.45, 2.75) is 19.9 Å². The summed E-state index contributed by atoms with van der Waals surface area (Å²) in [6, 6.07) is 0. The molecule has 0 atom stereocenters. The second kappa shape index (κ2) is 6.67. The van der Waals surface area contributed by atoms with E-state index in [9.17, 15) is 9.59 Å². The molecular formula is C12H18N4O3. The molecule has 0 unspecified atom stereocenters. The predicted octanol–water partition coefficient (Wildman–Crippen LogP) is 0.408. The molecule has 0 spiro atoms. The molecule has 0 aliphatic rings. The van der Waals surface area contributed by atoms with Crippen LogP contribution in [0.2, 0.25) is 0 Å². The summed E-state index contributed by atoms with van der Waals surface area (Å²) in [5, 5.41) is 7.62. The van der Waals surface area contributed by atoms with Gasteiger partial charge in [-0.1, -0.05) is 17.9 Å². The Morgan fingerprint density at radius 2 is 2.16 bits per heavy atom. The second-order valence-corrected chi connectivity index (χ2v) is 4.17. The van der Waals surface area contributed by atoms with Crippen LogP contribution in [-0.4, -0.2) is 52.5 Å². The molecule has 0 saturated carbocycles. The zero-order valence-corrected chi connectivity index (χ0v) is 11.4. The molecule has 7 nitrogen and oxygen atoms in total. The maximum absolute atomic E-state index is 11.6. The zero-order valence-electron chi connectivity index (χ0n) is 11.4. The predicted molar refractivity (Wildman–Crippen MR) is 68.5 cm³/mol. The van der Waals surface area contributed by atoms with Gasteiger partial charge >= 0.3 is 5.97 Å². The summed E-state index contributed by atoms with van der Waals surface area (Å²) < 4.78 is 6.41. The minimum absolute atomic E-state index is 0.00863. The van der Waals surface area contributed by atoms with Gasteiger partial charge in [0.1, 0.15) is 6.61 Å². The molecule has 7 heteroatoms. The van der Waals surface area contributed by atoms with E-state index in [2.05, 4.69) is 16.9 Å². The average Bonchev–Trinajstić information content (AvgIpc) is 2.74. The summed E-state index contributed by atoms with van der Waals surface area (Å²) in [6.07, 6.45) is 1.78. The number of ether oxygens (including phenoxy) is 1. The minimum Gasteiger partial charge on any atom is -0.457 e. The Bertz CT molecular complexity index is 479. The van der Waals surface area contributed by atoms with Gasteiger partial charge < -0.3 is 9.64 Å². The van der Waals surface area contributed by atoms with Gasteiger partial charge in [0.2, 0.25) is 5.91 Å². The van der Waals surface area contributed by atoms with E-state index in [1.807, 2.05) is 0 Å². The average molecular weight is 266 g/mol. The lowest BCUT2D eigenvalue weighted by Crippen LogP contribution is -2.23. The first-order valence-corrected chi connectivity index (χ1v) is 5.85. The van der Waals surface area contributed by atoms with Crippen molar-refractivity contribution in [3.05, 3.63) is 24.0 Å². The van der Waals surface area contributed by atoms with Gasteiger partial charge in [-0.2, -0.15) is 0 Å². The number of hydrogen-bond acceptors (Lipinski definition) is 5. The summed E-state index contributed by atoms with van der Waals surface area (Å²) >= 11 is 0. The summed E-state index contributed by atoms with van der Waals surface area (Å²) in [5.41, 5.74) is 0.750. The summed E-state index contributed by atoms with van der Waals surface area (Å²) in [5.74, 6) is -0.548. The maximum Gasteiger partial charge on any atom is 0.361 e. The SMILES string of the molecule is C=CCOC(=O)c1nnn(CCC(=O)N(C)C)c1C. The van der Waals surface area contributed by atoms with E-state index in [-0.39, 0.29) is 18.2 Å². The summed E-state index contributed by atoms with van der Waals surface area (Å²) in [7, 11) is 3.38. The van der Waals surface area contributed by atoms with Crippen molar-refractivity contribution < 1.29 is 14.3 Å². The van der Waals surface area contributed by atoms with Gasteiger partial charge in [-0.05, 0) is 6.92 Å². The van der Waals surface area contributed by atoms with Gasteiger partial charge in [0, 0.05) is 20.5 Å². The number of aromatic nitrogens is 3. The highest BCUT2D eigenvalue weighted by Crippen LogP contribution is 2.06. The van der Waals surface area contributed by atoms with Crippen LogP contribution >= 0.6 is 0 Å². The van der Waals surface area contributed by atoms with Crippen LogP contribution in [0.3, 0.4) is 0 Å². The van der Waals surface area contributed by atoms with Crippen molar-refractivity contribution in [2.75, 3.05) is 20.7 Å². The molecule has 0 aliphatic heterocycles. The highest BCUT2D eigenvalue weighted by molar-refractivity contribution is 5.88. The third-order valence-corrected chi connectivity index (χ3v) is 2.54. The fourth-order valence-corrected chi connectivity index (χ4v) is 1.39. The van der Waals surface area contributed by atoms with Gasteiger partial charge in [0.05, 0.1) is 12.2 Å². The van der Waals surface area contributed by atoms with Gasteiger partial charge in [-0.15, -0.1) is 5.10 Å². The van der Waals surface area contributed by atoms with Crippen molar-refractivity contribution in [3.8, 4) is 0 Å². The molecule has 0 aliphatic carbocycles. The first kappa shape index (κ1) is 14.9. The third kappa shape index (κ3) is 3.90. The van der Waals surface area contributed by atoms with E-state index in [1.54, 1.807) is 21.0 Å². The lowest BCUT2D eigenvalue weighted by Gasteiger charge is -2.10. The molecule has 1 rings (SSSR count). The Kier molecular flexibility index (Phi) is 5.23. The Labute approximate surface area is 111 Å². The fourth-order valence-electron chi connectivity index (χ4n) is 1.39. The number of nitrogens with zero attached hydrogens (tertiary/aromatic N) is 4. The van der Waals surface area contributed by atoms with E-state index >= 15 is 0 Å². The van der Waals surface area contributed by atoms with Crippen LogP contribution in [0.1, 0.15) is 22.6 Å². The molecule has 0 N–H and O–H groups in total. The number of hydrogen-bond donors (Lipinski definition) is 0. The zero-order chi connectivity index (χ0) is 14.4. The monoisotopic (exact) mass is 266 g/mol. The van der Waals surface area contributed by atoms with Gasteiger partial charge in [-0.25, -0.2) is 9.48 Å². The van der Waals surface area contributed by atoms with E-state index in [4.69, 9.17) is 4.74 Å². The van der Waals surface area contributed by atoms with Gasteiger partial charge in [0.15, 0.2) is 5.69 Å². The number of carbonyl (C=O) groups excluding carboxylic acids is 2. The smallest absolute Gasteiger partial charge is 0.361 e. The Balaban J connectivity index is 2.68. The van der Waals surface area contributed by atoms with E-state index in [1.165, 1.54) is 15.7 Å². The molecule has 1 aromatic heterocycles. The van der Waals surface area contributed by atoms with E-state index < -0.39 is 5.97 Å². The summed E-state index contributed by atoms with van der Waals surface area (Å²) in [4.78, 5) is 24.6. The molecule has 19 heavy (non-hydrogen) atoms. The molecule has 1 heterocycles. The molecule has 0 saturated heterocycles. The molecule has 1 amide bonds. The largest absolute Gasteiger partial charge is 0.457 e. The van der Waals surface area contributed by atoms with Crippen LogP contribution in [0.4, 0.5) is 0 Å². The maximum atomic E-state index is 11.6. The summed E-state index contributed by atoms with van der Waals surface area (Å²) in [6.45, 7) is 5.68. The van der Waals surface area contributed by atoms with Crippen molar-refractivity contribution in [1.82, 2.24) is 19.9 Å². The van der Waals surface area contributed by atoms with Crippen molar-refractivity contribution in [2.24, 2.45) is 0 Å². The van der Waals surface area contributed by atoms with Crippen LogP contribution in [0.5, 0.6) is 0 Å². The topological polar surface area (TPSA) is 77.3 Å². The van der Waals surface area contributed by atoms with Crippen molar-refractivity contribution in [1.29, 1.82) is 0 Å². The standard InChI is InChI=1S/C12H18N4O3/c1-5-8-19-12(18)11-9(2)16(14-13-11)7-6-10(17)15(3)4/h5H,1,6-8H2,2-4H3. The van der Waals surface area contributed by atoms with Crippen LogP contribution in [0, 0.1) is 6.92 Å². The number of esters is 1. The van der Waals surface area contributed by atoms with Crippen molar-refractivity contribution in [3.63, 3.8) is 0 Å². The van der Waals surface area contributed by atoms with Gasteiger partial charge in [-0.3, -0.25) is 4.79 Å². The first-order valence-electron chi connectivity index (χ1n) is 5.85. The van der Waals surface area contributed by atoms with E-state index in [0.717, 1.165) is 0 Å². The minimum atomic E-state index is -0.539. The van der Waals surface area contributed by atoms with Crippen LogP contribution in [-0.2, 0) is 16.1 Å². The molecule has 0 fully saturated rings. The van der Waals surface area contributed by atoms with Crippen LogP contribution < -0.4 is 0 Å². The molecule has 104 valence electrons. The highest BCUT2D eigenvalue weighted by atomic mass is 16.5. The lowest BCUT2D eigenvalue weighted by atomic mass is 10.3. The second-order valence-electron chi connectivity index (χ2n) is 4.17. The normalized spacial score (nSPS) is 10.1. The van der Waals surface area contributed by atoms with Gasteiger partial charge in [0.25, 0.3) is 0 Å². The molecule has 0 bridgehead atoms. The molecule has 1 aromatic rings. The third-order valence-electron chi connectivity index (χ3n) is 2.54. The Hall–Kier alpha value is -2.18. The lowest BCUT2D eigenvalue weighted by molar-refractivity contribution is -0.128. The Morgan fingerprint density at radius 3 is 2.74 bits per heavy atom. The fraction of sp³-hybridized carbons (Fsp3) is 0.500. The van der Waals surface area contributed by atoms with Crippen molar-refractivity contribution >= 4 is 11.9 Å².